The van der Waals surface area contributed by atoms with Crippen LogP contribution in [0.15, 0.2) is 0 Å². The van der Waals surface area contributed by atoms with Crippen molar-refractivity contribution < 1.29 is 4.74 Å². The summed E-state index contributed by atoms with van der Waals surface area (Å²) in [7, 11) is 2.00. The van der Waals surface area contributed by atoms with E-state index in [0.29, 0.717) is 17.9 Å². The minimum Gasteiger partial charge on any atom is -0.380 e. The second kappa shape index (κ2) is 6.44. The molecular weight excluding hydrogens is 150 g/mol. The SMILES string of the molecule is CCOCC(NC)C(C)C(C)C. The van der Waals surface area contributed by atoms with Gasteiger partial charge in [-0.3, -0.25) is 0 Å². The zero-order chi connectivity index (χ0) is 9.56. The first-order valence-electron chi connectivity index (χ1n) is 4.88. The minimum absolute atomic E-state index is 0.491. The number of nitrogens with one attached hydrogen (secondary N) is 1. The maximum Gasteiger partial charge on any atom is 0.0622 e. The van der Waals surface area contributed by atoms with Gasteiger partial charge in [-0.25, -0.2) is 0 Å². The molecule has 0 saturated carbocycles. The summed E-state index contributed by atoms with van der Waals surface area (Å²) in [5.74, 6) is 1.38. The molecule has 0 aliphatic carbocycles. The third-order valence-electron chi connectivity index (χ3n) is 2.56. The van der Waals surface area contributed by atoms with Crippen molar-refractivity contribution >= 4 is 0 Å². The molecule has 0 aromatic rings. The Morgan fingerprint density at radius 1 is 1.25 bits per heavy atom. The normalized spacial score (nSPS) is 16.5. The Hall–Kier alpha value is -0.0800. The monoisotopic (exact) mass is 173 g/mol. The molecule has 0 aliphatic heterocycles. The van der Waals surface area contributed by atoms with E-state index < -0.39 is 0 Å². The highest BCUT2D eigenvalue weighted by atomic mass is 16.5. The van der Waals surface area contributed by atoms with E-state index in [-0.39, 0.29) is 0 Å². The summed E-state index contributed by atoms with van der Waals surface area (Å²) in [5.41, 5.74) is 0. The molecular formula is C10H23NO. The molecule has 0 rings (SSSR count). The molecule has 2 nitrogen and oxygen atoms in total. The smallest absolute Gasteiger partial charge is 0.0622 e. The van der Waals surface area contributed by atoms with Crippen LogP contribution < -0.4 is 5.32 Å². The van der Waals surface area contributed by atoms with Crippen LogP contribution in [0, 0.1) is 11.8 Å². The first-order valence-corrected chi connectivity index (χ1v) is 4.88. The third-order valence-corrected chi connectivity index (χ3v) is 2.56. The lowest BCUT2D eigenvalue weighted by atomic mass is 9.91. The van der Waals surface area contributed by atoms with Gasteiger partial charge in [-0.2, -0.15) is 0 Å². The van der Waals surface area contributed by atoms with Gasteiger partial charge < -0.3 is 10.1 Å². The predicted molar refractivity (Wildman–Crippen MR) is 53.3 cm³/mol. The molecule has 0 bridgehead atoms. The Bertz CT molecular complexity index is 104. The molecule has 1 N–H and O–H groups in total. The van der Waals surface area contributed by atoms with Crippen molar-refractivity contribution in [3.63, 3.8) is 0 Å². The van der Waals surface area contributed by atoms with Crippen LogP contribution in [0.25, 0.3) is 0 Å². The molecule has 74 valence electrons. The average Bonchev–Trinajstić information content (AvgIpc) is 2.05. The van der Waals surface area contributed by atoms with Gasteiger partial charge in [0.15, 0.2) is 0 Å². The Morgan fingerprint density at radius 3 is 2.17 bits per heavy atom. The quantitative estimate of drug-likeness (QED) is 0.662. The van der Waals surface area contributed by atoms with Gasteiger partial charge in [-0.1, -0.05) is 20.8 Å². The molecule has 2 unspecified atom stereocenters. The van der Waals surface area contributed by atoms with E-state index in [4.69, 9.17) is 4.74 Å². The van der Waals surface area contributed by atoms with Crippen LogP contribution in [0.3, 0.4) is 0 Å². The Morgan fingerprint density at radius 2 is 1.83 bits per heavy atom. The second-order valence-corrected chi connectivity index (χ2v) is 3.66. The second-order valence-electron chi connectivity index (χ2n) is 3.66. The van der Waals surface area contributed by atoms with Gasteiger partial charge >= 0.3 is 0 Å². The molecule has 0 aromatic carbocycles. The van der Waals surface area contributed by atoms with Crippen molar-refractivity contribution in [3.8, 4) is 0 Å². The van der Waals surface area contributed by atoms with Crippen LogP contribution in [0.4, 0.5) is 0 Å². The molecule has 0 amide bonds. The van der Waals surface area contributed by atoms with E-state index in [9.17, 15) is 0 Å². The largest absolute Gasteiger partial charge is 0.380 e. The molecule has 0 fully saturated rings. The zero-order valence-corrected chi connectivity index (χ0v) is 9.05. The van der Waals surface area contributed by atoms with Gasteiger partial charge in [0.25, 0.3) is 0 Å². The van der Waals surface area contributed by atoms with Crippen molar-refractivity contribution in [2.45, 2.75) is 33.7 Å². The molecule has 0 spiro atoms. The first-order chi connectivity index (χ1) is 5.63. The minimum atomic E-state index is 0.491. The summed E-state index contributed by atoms with van der Waals surface area (Å²) in [6, 6.07) is 0.491. The van der Waals surface area contributed by atoms with Crippen LogP contribution in [-0.4, -0.2) is 26.3 Å². The Kier molecular flexibility index (Phi) is 6.39. The molecule has 0 radical (unpaired) electrons. The van der Waals surface area contributed by atoms with Gasteiger partial charge in [0, 0.05) is 12.6 Å². The number of hydrogen-bond donors (Lipinski definition) is 1. The topological polar surface area (TPSA) is 21.3 Å². The molecule has 2 atom stereocenters. The van der Waals surface area contributed by atoms with Crippen LogP contribution >= 0.6 is 0 Å². The van der Waals surface area contributed by atoms with Crippen LogP contribution in [-0.2, 0) is 4.74 Å². The van der Waals surface area contributed by atoms with Gasteiger partial charge in [-0.05, 0) is 25.8 Å². The van der Waals surface area contributed by atoms with Crippen molar-refractivity contribution in [1.82, 2.24) is 5.32 Å². The van der Waals surface area contributed by atoms with Gasteiger partial charge in [0.05, 0.1) is 6.61 Å². The molecule has 0 heterocycles. The van der Waals surface area contributed by atoms with E-state index in [0.717, 1.165) is 13.2 Å². The fraction of sp³-hybridized carbons (Fsp3) is 1.00. The summed E-state index contributed by atoms with van der Waals surface area (Å²) in [4.78, 5) is 0. The summed E-state index contributed by atoms with van der Waals surface area (Å²) < 4.78 is 5.40. The maximum absolute atomic E-state index is 5.40. The lowest BCUT2D eigenvalue weighted by Crippen LogP contribution is -2.38. The lowest BCUT2D eigenvalue weighted by Gasteiger charge is -2.26. The van der Waals surface area contributed by atoms with Crippen molar-refractivity contribution in [2.24, 2.45) is 11.8 Å². The summed E-state index contributed by atoms with van der Waals surface area (Å²) >= 11 is 0. The fourth-order valence-electron chi connectivity index (χ4n) is 1.21. The number of likely N-dealkylation sites (N-methyl/N-ethyl adjacent to an activating group) is 1. The highest BCUT2D eigenvalue weighted by Gasteiger charge is 2.17. The number of hydrogen-bond acceptors (Lipinski definition) is 2. The fourth-order valence-corrected chi connectivity index (χ4v) is 1.21. The van der Waals surface area contributed by atoms with Gasteiger partial charge in [0.1, 0.15) is 0 Å². The molecule has 12 heavy (non-hydrogen) atoms. The van der Waals surface area contributed by atoms with E-state index in [1.807, 2.05) is 14.0 Å². The van der Waals surface area contributed by atoms with Crippen LogP contribution in [0.2, 0.25) is 0 Å². The van der Waals surface area contributed by atoms with Gasteiger partial charge in [-0.15, -0.1) is 0 Å². The third kappa shape index (κ3) is 4.07. The maximum atomic E-state index is 5.40. The number of ether oxygens (including phenoxy) is 1. The Labute approximate surface area is 76.7 Å². The standard InChI is InChI=1S/C10H23NO/c1-6-12-7-10(11-5)9(4)8(2)3/h8-11H,6-7H2,1-5H3. The zero-order valence-electron chi connectivity index (χ0n) is 9.05. The van der Waals surface area contributed by atoms with Crippen molar-refractivity contribution in [1.29, 1.82) is 0 Å². The van der Waals surface area contributed by atoms with E-state index in [1.165, 1.54) is 0 Å². The van der Waals surface area contributed by atoms with Gasteiger partial charge in [0.2, 0.25) is 0 Å². The summed E-state index contributed by atoms with van der Waals surface area (Å²) in [5, 5.41) is 3.29. The van der Waals surface area contributed by atoms with Crippen LogP contribution in [0.5, 0.6) is 0 Å². The molecule has 0 aromatic heterocycles. The molecule has 0 aliphatic rings. The summed E-state index contributed by atoms with van der Waals surface area (Å²) in [6.07, 6.45) is 0. The van der Waals surface area contributed by atoms with Crippen molar-refractivity contribution in [3.05, 3.63) is 0 Å². The number of rotatable bonds is 6. The molecule has 2 heteroatoms. The molecule has 0 saturated heterocycles. The predicted octanol–water partition coefficient (Wildman–Crippen LogP) is 1.90. The first kappa shape index (κ1) is 11.9. The van der Waals surface area contributed by atoms with Crippen LogP contribution in [0.1, 0.15) is 27.7 Å². The summed E-state index contributed by atoms with van der Waals surface area (Å²) in [6.45, 7) is 10.4. The van der Waals surface area contributed by atoms with E-state index in [2.05, 4.69) is 26.1 Å². The highest BCUT2D eigenvalue weighted by molar-refractivity contribution is 4.73. The Balaban J connectivity index is 3.79. The highest BCUT2D eigenvalue weighted by Crippen LogP contribution is 2.14. The van der Waals surface area contributed by atoms with E-state index in [1.54, 1.807) is 0 Å². The lowest BCUT2D eigenvalue weighted by molar-refractivity contribution is 0.0992. The van der Waals surface area contributed by atoms with E-state index >= 15 is 0 Å². The average molecular weight is 173 g/mol. The van der Waals surface area contributed by atoms with Crippen molar-refractivity contribution in [2.75, 3.05) is 20.3 Å².